The highest BCUT2D eigenvalue weighted by molar-refractivity contribution is 6.06. The van der Waals surface area contributed by atoms with Gasteiger partial charge in [-0.1, -0.05) is 36.3 Å². The van der Waals surface area contributed by atoms with Gasteiger partial charge in [0.05, 0.1) is 12.0 Å². The van der Waals surface area contributed by atoms with Crippen molar-refractivity contribution in [3.8, 4) is 17.6 Å². The van der Waals surface area contributed by atoms with E-state index in [-0.39, 0.29) is 18.1 Å². The molecular weight excluding hydrogens is 326 g/mol. The summed E-state index contributed by atoms with van der Waals surface area (Å²) in [6.45, 7) is 1.37. The number of likely N-dealkylation sites (tertiary alicyclic amines) is 1. The predicted octanol–water partition coefficient (Wildman–Crippen LogP) is 3.06. The summed E-state index contributed by atoms with van der Waals surface area (Å²) in [5, 5.41) is 0. The highest BCUT2D eigenvalue weighted by atomic mass is 16.5. The van der Waals surface area contributed by atoms with Crippen LogP contribution in [-0.2, 0) is 4.79 Å². The number of benzene rings is 2. The number of ketones is 1. The van der Waals surface area contributed by atoms with Crippen molar-refractivity contribution < 1.29 is 14.3 Å². The van der Waals surface area contributed by atoms with Crippen molar-refractivity contribution in [1.29, 1.82) is 0 Å². The first-order valence-corrected chi connectivity index (χ1v) is 8.87. The Bertz CT molecular complexity index is 904. The average Bonchev–Trinajstić information content (AvgIpc) is 3.21. The lowest BCUT2D eigenvalue weighted by Gasteiger charge is -2.35. The molecule has 1 atom stereocenters. The van der Waals surface area contributed by atoms with Crippen LogP contribution in [0.1, 0.15) is 35.2 Å². The van der Waals surface area contributed by atoms with Crippen molar-refractivity contribution in [3.05, 3.63) is 65.7 Å². The number of Topliss-reactive ketones (excluding diaryl/α,β-unsaturated/α-hetero) is 1. The Morgan fingerprint density at radius 3 is 2.46 bits per heavy atom. The van der Waals surface area contributed by atoms with Crippen molar-refractivity contribution in [1.82, 2.24) is 4.90 Å². The third-order valence-electron chi connectivity index (χ3n) is 4.80. The van der Waals surface area contributed by atoms with Gasteiger partial charge in [0.1, 0.15) is 5.75 Å². The van der Waals surface area contributed by atoms with Gasteiger partial charge in [0.2, 0.25) is 0 Å². The second-order valence-corrected chi connectivity index (χ2v) is 6.64. The van der Waals surface area contributed by atoms with Crippen LogP contribution in [0.4, 0.5) is 0 Å². The van der Waals surface area contributed by atoms with Crippen LogP contribution in [0, 0.1) is 11.8 Å². The van der Waals surface area contributed by atoms with E-state index < -0.39 is 5.60 Å². The minimum Gasteiger partial charge on any atom is -0.464 e. The lowest BCUT2D eigenvalue weighted by atomic mass is 9.88. The van der Waals surface area contributed by atoms with E-state index >= 15 is 0 Å². The molecule has 2 heterocycles. The van der Waals surface area contributed by atoms with Gasteiger partial charge in [-0.2, -0.15) is 0 Å². The summed E-state index contributed by atoms with van der Waals surface area (Å²) >= 11 is 0. The zero-order chi connectivity index (χ0) is 18.0. The summed E-state index contributed by atoms with van der Waals surface area (Å²) in [6, 6.07) is 16.5. The fourth-order valence-electron chi connectivity index (χ4n) is 3.44. The molecule has 0 unspecified atom stereocenters. The molecule has 0 radical (unpaired) electrons. The molecule has 4 heteroatoms. The molecule has 1 fully saturated rings. The fourth-order valence-corrected chi connectivity index (χ4v) is 3.44. The van der Waals surface area contributed by atoms with E-state index in [1.165, 1.54) is 0 Å². The lowest BCUT2D eigenvalue weighted by Crippen LogP contribution is -2.54. The fraction of sp³-hybridized carbons (Fsp3) is 0.273. The molecule has 0 aliphatic carbocycles. The van der Waals surface area contributed by atoms with Crippen molar-refractivity contribution in [2.45, 2.75) is 24.9 Å². The first kappa shape index (κ1) is 16.4. The monoisotopic (exact) mass is 345 g/mol. The normalized spacial score (nSPS) is 21.4. The zero-order valence-corrected chi connectivity index (χ0v) is 14.4. The first-order chi connectivity index (χ1) is 12.7. The van der Waals surface area contributed by atoms with Crippen LogP contribution in [0.5, 0.6) is 5.75 Å². The van der Waals surface area contributed by atoms with E-state index in [9.17, 15) is 9.59 Å². The second kappa shape index (κ2) is 6.68. The number of hydrogen-bond donors (Lipinski definition) is 0. The first-order valence-electron chi connectivity index (χ1n) is 8.87. The number of carbonyl (C=O) groups is 2. The molecule has 0 bridgehead atoms. The molecule has 2 aliphatic heterocycles. The molecule has 4 rings (SSSR count). The van der Waals surface area contributed by atoms with Gasteiger partial charge in [0, 0.05) is 18.7 Å². The molecule has 0 aromatic heterocycles. The summed E-state index contributed by atoms with van der Waals surface area (Å²) in [6.07, 6.45) is 1.89. The molecule has 0 N–H and O–H groups in total. The number of para-hydroxylation sites is 1. The minimum absolute atomic E-state index is 0.0564. The van der Waals surface area contributed by atoms with E-state index in [1.807, 2.05) is 30.3 Å². The Morgan fingerprint density at radius 2 is 1.69 bits per heavy atom. The Balaban J connectivity index is 1.77. The Morgan fingerprint density at radius 1 is 1.00 bits per heavy atom. The van der Waals surface area contributed by atoms with E-state index in [0.29, 0.717) is 24.4 Å². The topological polar surface area (TPSA) is 46.6 Å². The van der Waals surface area contributed by atoms with Crippen molar-refractivity contribution >= 4 is 11.7 Å². The molecule has 26 heavy (non-hydrogen) atoms. The van der Waals surface area contributed by atoms with Gasteiger partial charge in [-0.25, -0.2) is 0 Å². The third kappa shape index (κ3) is 2.97. The summed E-state index contributed by atoms with van der Waals surface area (Å²) < 4.78 is 6.10. The maximum atomic E-state index is 13.2. The smallest absolute Gasteiger partial charge is 0.280 e. The number of ether oxygens (including phenoxy) is 1. The van der Waals surface area contributed by atoms with Gasteiger partial charge in [0.25, 0.3) is 11.5 Å². The Hall–Kier alpha value is -3.06. The summed E-state index contributed by atoms with van der Waals surface area (Å²) in [7, 11) is 0. The summed E-state index contributed by atoms with van der Waals surface area (Å²) in [5.74, 6) is 6.16. The van der Waals surface area contributed by atoms with Gasteiger partial charge in [-0.05, 0) is 43.0 Å². The van der Waals surface area contributed by atoms with Crippen LogP contribution in [0.2, 0.25) is 0 Å². The molecule has 1 amide bonds. The van der Waals surface area contributed by atoms with Crippen LogP contribution in [0.3, 0.4) is 0 Å². The number of rotatable bonds is 1. The summed E-state index contributed by atoms with van der Waals surface area (Å²) in [4.78, 5) is 27.7. The second-order valence-electron chi connectivity index (χ2n) is 6.64. The standard InChI is InChI=1S/C22H19NO3/c24-19-16-22(21(25)23-14-6-7-15-23,13-12-17-8-2-1-3-9-17)26-20-11-5-4-10-18(19)20/h1-5,8-11H,6-7,14-16H2/t22-/m0/s1. The molecule has 0 spiro atoms. The average molecular weight is 345 g/mol. The quantitative estimate of drug-likeness (QED) is 0.746. The molecule has 2 aromatic carbocycles. The van der Waals surface area contributed by atoms with Crippen LogP contribution in [-0.4, -0.2) is 35.3 Å². The van der Waals surface area contributed by atoms with Crippen molar-refractivity contribution in [2.75, 3.05) is 13.1 Å². The molecule has 4 nitrogen and oxygen atoms in total. The molecule has 1 saturated heterocycles. The van der Waals surface area contributed by atoms with E-state index in [2.05, 4.69) is 11.8 Å². The largest absolute Gasteiger partial charge is 0.464 e. The van der Waals surface area contributed by atoms with Crippen LogP contribution in [0.25, 0.3) is 0 Å². The summed E-state index contributed by atoms with van der Waals surface area (Å²) in [5.41, 5.74) is -0.152. The van der Waals surface area contributed by atoms with Gasteiger partial charge < -0.3 is 9.64 Å². The van der Waals surface area contributed by atoms with Crippen molar-refractivity contribution in [2.24, 2.45) is 0 Å². The number of carbonyl (C=O) groups excluding carboxylic acids is 2. The number of amides is 1. The van der Waals surface area contributed by atoms with E-state index in [0.717, 1.165) is 18.4 Å². The third-order valence-corrected chi connectivity index (χ3v) is 4.80. The van der Waals surface area contributed by atoms with Gasteiger partial charge in [0.15, 0.2) is 5.78 Å². The van der Waals surface area contributed by atoms with E-state index in [1.54, 1.807) is 29.2 Å². The Kier molecular flexibility index (Phi) is 4.22. The van der Waals surface area contributed by atoms with Gasteiger partial charge in [-0.3, -0.25) is 9.59 Å². The van der Waals surface area contributed by atoms with Crippen molar-refractivity contribution in [3.63, 3.8) is 0 Å². The Labute approximate surface area is 152 Å². The van der Waals surface area contributed by atoms with E-state index in [4.69, 9.17) is 4.74 Å². The minimum atomic E-state index is -1.45. The maximum absolute atomic E-state index is 13.2. The lowest BCUT2D eigenvalue weighted by molar-refractivity contribution is -0.142. The molecule has 2 aliphatic rings. The zero-order valence-electron chi connectivity index (χ0n) is 14.4. The molecule has 130 valence electrons. The van der Waals surface area contributed by atoms with Gasteiger partial charge in [-0.15, -0.1) is 0 Å². The van der Waals surface area contributed by atoms with Gasteiger partial charge >= 0.3 is 0 Å². The highest BCUT2D eigenvalue weighted by Crippen LogP contribution is 2.35. The highest BCUT2D eigenvalue weighted by Gasteiger charge is 2.48. The number of hydrogen-bond acceptors (Lipinski definition) is 3. The number of nitrogens with zero attached hydrogens (tertiary/aromatic N) is 1. The predicted molar refractivity (Wildman–Crippen MR) is 97.9 cm³/mol. The maximum Gasteiger partial charge on any atom is 0.280 e. The van der Waals surface area contributed by atoms with Crippen LogP contribution in [0.15, 0.2) is 54.6 Å². The molecule has 0 saturated carbocycles. The number of fused-ring (bicyclic) bond motifs is 1. The van der Waals surface area contributed by atoms with Crippen LogP contribution < -0.4 is 4.74 Å². The molecule has 2 aromatic rings. The van der Waals surface area contributed by atoms with Crippen LogP contribution >= 0.6 is 0 Å². The SMILES string of the molecule is O=C1C[C@@](C#Cc2ccccc2)(C(=O)N2CCCC2)Oc2ccccc21. The molecular formula is C22H19NO3.